The SMILES string of the molecule is O=C(NC1CCN(C(=O)OCc2ccccc2)CCC1=O)c1ccccn1. The van der Waals surface area contributed by atoms with E-state index in [1.165, 1.54) is 11.1 Å². The molecule has 140 valence electrons. The number of carbonyl (C=O) groups excluding carboxylic acids is 3. The fourth-order valence-electron chi connectivity index (χ4n) is 2.85. The lowest BCUT2D eigenvalue weighted by Crippen LogP contribution is -2.41. The number of benzene rings is 1. The summed E-state index contributed by atoms with van der Waals surface area (Å²) < 4.78 is 5.32. The van der Waals surface area contributed by atoms with Gasteiger partial charge in [-0.15, -0.1) is 0 Å². The quantitative estimate of drug-likeness (QED) is 0.895. The first kappa shape index (κ1) is 18.6. The zero-order chi connectivity index (χ0) is 19.1. The van der Waals surface area contributed by atoms with Crippen molar-refractivity contribution in [1.29, 1.82) is 0 Å². The molecule has 3 rings (SSSR count). The Morgan fingerprint density at radius 1 is 1.11 bits per heavy atom. The molecule has 0 bridgehead atoms. The highest BCUT2D eigenvalue weighted by molar-refractivity contribution is 5.96. The van der Waals surface area contributed by atoms with E-state index in [1.54, 1.807) is 18.2 Å². The molecule has 1 aliphatic rings. The molecule has 1 N–H and O–H groups in total. The molecule has 1 saturated heterocycles. The van der Waals surface area contributed by atoms with Gasteiger partial charge in [0, 0.05) is 25.7 Å². The molecule has 7 nitrogen and oxygen atoms in total. The average molecular weight is 367 g/mol. The Morgan fingerprint density at radius 3 is 2.63 bits per heavy atom. The zero-order valence-corrected chi connectivity index (χ0v) is 14.8. The Kier molecular flexibility index (Phi) is 6.14. The van der Waals surface area contributed by atoms with Gasteiger partial charge in [-0.2, -0.15) is 0 Å². The number of hydrogen-bond acceptors (Lipinski definition) is 5. The van der Waals surface area contributed by atoms with Gasteiger partial charge in [0.05, 0.1) is 6.04 Å². The topological polar surface area (TPSA) is 88.6 Å². The number of hydrogen-bond donors (Lipinski definition) is 1. The van der Waals surface area contributed by atoms with Crippen molar-refractivity contribution in [2.75, 3.05) is 13.1 Å². The highest BCUT2D eigenvalue weighted by atomic mass is 16.6. The molecule has 1 aliphatic heterocycles. The second-order valence-electron chi connectivity index (χ2n) is 6.27. The summed E-state index contributed by atoms with van der Waals surface area (Å²) in [5, 5.41) is 2.71. The molecule has 1 aromatic heterocycles. The van der Waals surface area contributed by atoms with Crippen LogP contribution in [0.2, 0.25) is 0 Å². The molecule has 0 aliphatic carbocycles. The molecular formula is C20H21N3O4. The largest absolute Gasteiger partial charge is 0.445 e. The smallest absolute Gasteiger partial charge is 0.410 e. The molecule has 1 unspecified atom stereocenters. The number of ketones is 1. The van der Waals surface area contributed by atoms with Crippen LogP contribution in [0.5, 0.6) is 0 Å². The van der Waals surface area contributed by atoms with Crippen molar-refractivity contribution in [3.8, 4) is 0 Å². The maximum atomic E-state index is 12.3. The van der Waals surface area contributed by atoms with Gasteiger partial charge in [0.1, 0.15) is 12.3 Å². The summed E-state index contributed by atoms with van der Waals surface area (Å²) in [5.74, 6) is -0.494. The predicted molar refractivity (Wildman–Crippen MR) is 97.9 cm³/mol. The summed E-state index contributed by atoms with van der Waals surface area (Å²) in [6.07, 6.45) is 1.59. The fourth-order valence-corrected chi connectivity index (χ4v) is 2.85. The number of amides is 2. The van der Waals surface area contributed by atoms with Crippen LogP contribution >= 0.6 is 0 Å². The molecule has 0 saturated carbocycles. The third kappa shape index (κ3) is 5.13. The van der Waals surface area contributed by atoms with E-state index < -0.39 is 18.0 Å². The molecule has 2 aromatic rings. The minimum Gasteiger partial charge on any atom is -0.445 e. The Bertz CT molecular complexity index is 795. The molecule has 1 atom stereocenters. The molecule has 0 spiro atoms. The molecule has 27 heavy (non-hydrogen) atoms. The van der Waals surface area contributed by atoms with Gasteiger partial charge in [-0.05, 0) is 24.1 Å². The van der Waals surface area contributed by atoms with Crippen molar-refractivity contribution in [3.63, 3.8) is 0 Å². The van der Waals surface area contributed by atoms with Crippen LogP contribution < -0.4 is 5.32 Å². The summed E-state index contributed by atoms with van der Waals surface area (Å²) in [7, 11) is 0. The van der Waals surface area contributed by atoms with Gasteiger partial charge in [-0.3, -0.25) is 14.6 Å². The Hall–Kier alpha value is -3.22. The first-order valence-electron chi connectivity index (χ1n) is 8.84. The van der Waals surface area contributed by atoms with Crippen molar-refractivity contribution in [1.82, 2.24) is 15.2 Å². The predicted octanol–water partition coefficient (Wildman–Crippen LogP) is 2.18. The van der Waals surface area contributed by atoms with Crippen molar-refractivity contribution >= 4 is 17.8 Å². The van der Waals surface area contributed by atoms with Gasteiger partial charge in [0.15, 0.2) is 5.78 Å². The van der Waals surface area contributed by atoms with Crippen molar-refractivity contribution in [2.24, 2.45) is 0 Å². The minimum absolute atomic E-state index is 0.0994. The average Bonchev–Trinajstić information content (AvgIpc) is 2.89. The van der Waals surface area contributed by atoms with Gasteiger partial charge >= 0.3 is 6.09 Å². The number of aromatic nitrogens is 1. The number of rotatable bonds is 4. The normalized spacial score (nSPS) is 17.1. The number of nitrogens with one attached hydrogen (secondary N) is 1. The second kappa shape index (κ2) is 8.93. The summed E-state index contributed by atoms with van der Waals surface area (Å²) in [6.45, 7) is 0.804. The van der Waals surface area contributed by atoms with Crippen molar-refractivity contribution < 1.29 is 19.1 Å². The second-order valence-corrected chi connectivity index (χ2v) is 6.27. The maximum Gasteiger partial charge on any atom is 0.410 e. The van der Waals surface area contributed by atoms with Crippen LogP contribution in [0.4, 0.5) is 4.79 Å². The lowest BCUT2D eigenvalue weighted by molar-refractivity contribution is -0.120. The first-order chi connectivity index (χ1) is 13.1. The lowest BCUT2D eigenvalue weighted by atomic mass is 10.1. The Labute approximate surface area is 157 Å². The van der Waals surface area contributed by atoms with Crippen LogP contribution in [0.25, 0.3) is 0 Å². The first-order valence-corrected chi connectivity index (χ1v) is 8.84. The summed E-state index contributed by atoms with van der Waals surface area (Å²) >= 11 is 0. The number of carbonyl (C=O) groups is 3. The lowest BCUT2D eigenvalue weighted by Gasteiger charge is -2.20. The van der Waals surface area contributed by atoms with Gasteiger partial charge in [0.25, 0.3) is 5.91 Å². The highest BCUT2D eigenvalue weighted by Gasteiger charge is 2.28. The number of ether oxygens (including phenoxy) is 1. The standard InChI is InChI=1S/C20H21N3O4/c24-18-10-13-23(20(26)27-14-15-6-2-1-3-7-15)12-9-16(18)22-19(25)17-8-4-5-11-21-17/h1-8,11,16H,9-10,12-14H2,(H,22,25). The van der Waals surface area contributed by atoms with E-state index in [0.717, 1.165) is 5.56 Å². The number of Topliss-reactive ketones (excluding diaryl/α,β-unsaturated/α-hetero) is 1. The van der Waals surface area contributed by atoms with Gasteiger partial charge in [0.2, 0.25) is 0 Å². The van der Waals surface area contributed by atoms with E-state index in [4.69, 9.17) is 4.74 Å². The van der Waals surface area contributed by atoms with Crippen molar-refractivity contribution in [3.05, 3.63) is 66.0 Å². The maximum absolute atomic E-state index is 12.3. The summed E-state index contributed by atoms with van der Waals surface area (Å²) in [6, 6.07) is 13.8. The van der Waals surface area contributed by atoms with Crippen LogP contribution in [0.3, 0.4) is 0 Å². The van der Waals surface area contributed by atoms with E-state index in [9.17, 15) is 14.4 Å². The minimum atomic E-state index is -0.633. The van der Waals surface area contributed by atoms with Crippen LogP contribution in [0.15, 0.2) is 54.7 Å². The highest BCUT2D eigenvalue weighted by Crippen LogP contribution is 2.11. The molecule has 0 radical (unpaired) electrons. The van der Waals surface area contributed by atoms with Crippen LogP contribution in [0.1, 0.15) is 28.9 Å². The number of likely N-dealkylation sites (tertiary alicyclic amines) is 1. The summed E-state index contributed by atoms with van der Waals surface area (Å²) in [5.41, 5.74) is 1.16. The monoisotopic (exact) mass is 367 g/mol. The van der Waals surface area contributed by atoms with Crippen LogP contribution in [-0.2, 0) is 16.1 Å². The zero-order valence-electron chi connectivity index (χ0n) is 14.8. The Balaban J connectivity index is 1.53. The third-order valence-electron chi connectivity index (χ3n) is 4.37. The molecule has 7 heteroatoms. The van der Waals surface area contributed by atoms with E-state index in [0.29, 0.717) is 13.0 Å². The van der Waals surface area contributed by atoms with Gasteiger partial charge < -0.3 is 15.0 Å². The molecular weight excluding hydrogens is 346 g/mol. The number of nitrogens with zero attached hydrogens (tertiary/aromatic N) is 2. The van der Waals surface area contributed by atoms with Crippen molar-refractivity contribution in [2.45, 2.75) is 25.5 Å². The summed E-state index contributed by atoms with van der Waals surface area (Å²) in [4.78, 5) is 42.3. The number of pyridine rings is 1. The van der Waals surface area contributed by atoms with Gasteiger partial charge in [-0.25, -0.2) is 4.79 Å². The molecule has 1 fully saturated rings. The fraction of sp³-hybridized carbons (Fsp3) is 0.300. The van der Waals surface area contributed by atoms with Gasteiger partial charge in [-0.1, -0.05) is 36.4 Å². The van der Waals surface area contributed by atoms with E-state index in [2.05, 4.69) is 10.3 Å². The molecule has 2 heterocycles. The van der Waals surface area contributed by atoms with E-state index in [-0.39, 0.29) is 31.0 Å². The van der Waals surface area contributed by atoms with Crippen LogP contribution in [0, 0.1) is 0 Å². The molecule has 1 aromatic carbocycles. The van der Waals surface area contributed by atoms with Crippen LogP contribution in [-0.4, -0.2) is 46.8 Å². The third-order valence-corrected chi connectivity index (χ3v) is 4.37. The Morgan fingerprint density at radius 2 is 1.89 bits per heavy atom. The van der Waals surface area contributed by atoms with E-state index >= 15 is 0 Å². The van der Waals surface area contributed by atoms with E-state index in [1.807, 2.05) is 30.3 Å². The molecule has 2 amide bonds.